The number of aryl methyl sites for hydroxylation is 1. The van der Waals surface area contributed by atoms with Crippen LogP contribution >= 0.6 is 11.8 Å². The third-order valence-electron chi connectivity index (χ3n) is 5.40. The molecule has 1 aliphatic carbocycles. The number of hydrogen-bond acceptors (Lipinski definition) is 2. The largest absolute Gasteiger partial charge is 0.331 e. The minimum atomic E-state index is 0.545. The van der Waals surface area contributed by atoms with Gasteiger partial charge in [-0.2, -0.15) is 0 Å². The quantitative estimate of drug-likeness (QED) is 0.634. The van der Waals surface area contributed by atoms with E-state index < -0.39 is 0 Å². The SMILES string of the molecule is CC1=C(c2ccccc2)SC(C2CCCC2)N1c1ccccc1C. The van der Waals surface area contributed by atoms with Gasteiger partial charge in [0.05, 0.1) is 5.37 Å². The van der Waals surface area contributed by atoms with Crippen LogP contribution in [0.5, 0.6) is 0 Å². The fourth-order valence-electron chi connectivity index (χ4n) is 4.13. The molecule has 1 unspecified atom stereocenters. The molecule has 2 aliphatic rings. The molecule has 0 N–H and O–H groups in total. The molecule has 2 aromatic rings. The van der Waals surface area contributed by atoms with Crippen molar-refractivity contribution < 1.29 is 0 Å². The van der Waals surface area contributed by atoms with Gasteiger partial charge in [0.1, 0.15) is 0 Å². The highest BCUT2D eigenvalue weighted by molar-refractivity contribution is 8.09. The standard InChI is InChI=1S/C22H25NS/c1-16-10-6-9-15-20(16)23-17(2)21(18-11-4-3-5-12-18)24-22(23)19-13-7-8-14-19/h3-6,9-12,15,19,22H,7-8,13-14H2,1-2H3. The summed E-state index contributed by atoms with van der Waals surface area (Å²) in [5.74, 6) is 0.797. The minimum Gasteiger partial charge on any atom is -0.331 e. The first-order valence-corrected chi connectivity index (χ1v) is 9.91. The van der Waals surface area contributed by atoms with Gasteiger partial charge in [0.2, 0.25) is 0 Å². The molecule has 1 aliphatic heterocycles. The normalized spacial score (nSPS) is 21.8. The van der Waals surface area contributed by atoms with E-state index in [1.54, 1.807) is 0 Å². The lowest BCUT2D eigenvalue weighted by molar-refractivity contribution is 0.521. The Labute approximate surface area is 149 Å². The first-order chi connectivity index (χ1) is 11.8. The number of allylic oxidation sites excluding steroid dienone is 1. The molecule has 24 heavy (non-hydrogen) atoms. The van der Waals surface area contributed by atoms with Crippen molar-refractivity contribution in [3.05, 3.63) is 71.4 Å². The highest BCUT2D eigenvalue weighted by atomic mass is 32.2. The van der Waals surface area contributed by atoms with Crippen molar-refractivity contribution in [1.29, 1.82) is 0 Å². The van der Waals surface area contributed by atoms with E-state index in [-0.39, 0.29) is 0 Å². The topological polar surface area (TPSA) is 3.24 Å². The maximum absolute atomic E-state index is 2.62. The Hall–Kier alpha value is -1.67. The molecule has 0 radical (unpaired) electrons. The van der Waals surface area contributed by atoms with Gasteiger partial charge in [0, 0.05) is 16.3 Å². The summed E-state index contributed by atoms with van der Waals surface area (Å²) < 4.78 is 0. The zero-order valence-electron chi connectivity index (χ0n) is 14.5. The summed E-state index contributed by atoms with van der Waals surface area (Å²) in [5, 5.41) is 0.545. The van der Waals surface area contributed by atoms with Crippen LogP contribution in [-0.4, -0.2) is 5.37 Å². The maximum atomic E-state index is 2.62. The summed E-state index contributed by atoms with van der Waals surface area (Å²) in [7, 11) is 0. The van der Waals surface area contributed by atoms with Gasteiger partial charge in [0.15, 0.2) is 0 Å². The monoisotopic (exact) mass is 335 g/mol. The predicted molar refractivity (Wildman–Crippen MR) is 106 cm³/mol. The number of nitrogens with zero attached hydrogens (tertiary/aromatic N) is 1. The zero-order valence-corrected chi connectivity index (χ0v) is 15.4. The fourth-order valence-corrected chi connectivity index (χ4v) is 5.75. The molecule has 0 bridgehead atoms. The van der Waals surface area contributed by atoms with E-state index in [1.807, 2.05) is 0 Å². The van der Waals surface area contributed by atoms with Crippen LogP contribution in [0, 0.1) is 12.8 Å². The molecule has 0 amide bonds. The molecule has 1 atom stereocenters. The first-order valence-electron chi connectivity index (χ1n) is 9.03. The van der Waals surface area contributed by atoms with Crippen molar-refractivity contribution in [2.75, 3.05) is 4.90 Å². The second kappa shape index (κ2) is 6.68. The Bertz CT molecular complexity index is 744. The van der Waals surface area contributed by atoms with Crippen LogP contribution < -0.4 is 4.90 Å². The second-order valence-corrected chi connectivity index (χ2v) is 8.12. The van der Waals surface area contributed by atoms with E-state index in [9.17, 15) is 0 Å². The molecule has 0 spiro atoms. The Balaban J connectivity index is 1.78. The van der Waals surface area contributed by atoms with Crippen LogP contribution in [0.15, 0.2) is 60.3 Å². The van der Waals surface area contributed by atoms with Crippen molar-refractivity contribution in [3.8, 4) is 0 Å². The van der Waals surface area contributed by atoms with Crippen LogP contribution in [0.1, 0.15) is 43.7 Å². The summed E-state index contributed by atoms with van der Waals surface area (Å²) >= 11 is 2.09. The molecular weight excluding hydrogens is 310 g/mol. The number of para-hydroxylation sites is 1. The van der Waals surface area contributed by atoms with Crippen molar-refractivity contribution in [2.24, 2.45) is 5.92 Å². The van der Waals surface area contributed by atoms with Crippen molar-refractivity contribution >= 4 is 22.4 Å². The number of anilines is 1. The highest BCUT2D eigenvalue weighted by Gasteiger charge is 2.38. The van der Waals surface area contributed by atoms with E-state index in [4.69, 9.17) is 0 Å². The predicted octanol–water partition coefficient (Wildman–Crippen LogP) is 6.45. The molecular formula is C22H25NS. The summed E-state index contributed by atoms with van der Waals surface area (Å²) in [4.78, 5) is 4.08. The summed E-state index contributed by atoms with van der Waals surface area (Å²) in [6.45, 7) is 4.54. The van der Waals surface area contributed by atoms with Gasteiger partial charge in [0.25, 0.3) is 0 Å². The molecule has 1 nitrogen and oxygen atoms in total. The Morgan fingerprint density at radius 3 is 2.25 bits per heavy atom. The summed E-state index contributed by atoms with van der Waals surface area (Å²) in [6, 6.07) is 19.7. The van der Waals surface area contributed by atoms with Gasteiger partial charge in [-0.3, -0.25) is 0 Å². The van der Waals surface area contributed by atoms with E-state index in [0.29, 0.717) is 5.37 Å². The number of hydrogen-bond donors (Lipinski definition) is 0. The Morgan fingerprint density at radius 2 is 1.54 bits per heavy atom. The fraction of sp³-hybridized carbons (Fsp3) is 0.364. The number of thioether (sulfide) groups is 1. The average Bonchev–Trinajstić information content (AvgIpc) is 3.24. The molecule has 124 valence electrons. The van der Waals surface area contributed by atoms with E-state index in [1.165, 1.54) is 53.1 Å². The molecule has 0 saturated heterocycles. The zero-order chi connectivity index (χ0) is 16.5. The van der Waals surface area contributed by atoms with Crippen LogP contribution in [0.2, 0.25) is 0 Å². The van der Waals surface area contributed by atoms with Crippen LogP contribution in [0.4, 0.5) is 5.69 Å². The van der Waals surface area contributed by atoms with Gasteiger partial charge in [-0.15, -0.1) is 0 Å². The van der Waals surface area contributed by atoms with Gasteiger partial charge in [-0.1, -0.05) is 73.1 Å². The van der Waals surface area contributed by atoms with Crippen molar-refractivity contribution in [1.82, 2.24) is 0 Å². The molecule has 2 aromatic carbocycles. The second-order valence-electron chi connectivity index (χ2n) is 6.99. The Morgan fingerprint density at radius 1 is 0.875 bits per heavy atom. The molecule has 1 heterocycles. The third kappa shape index (κ3) is 2.77. The molecule has 2 heteroatoms. The van der Waals surface area contributed by atoms with Crippen LogP contribution in [0.3, 0.4) is 0 Å². The van der Waals surface area contributed by atoms with E-state index >= 15 is 0 Å². The lowest BCUT2D eigenvalue weighted by Crippen LogP contribution is -2.33. The molecule has 0 aromatic heterocycles. The average molecular weight is 336 g/mol. The summed E-state index contributed by atoms with van der Waals surface area (Å²) in [6.07, 6.45) is 5.52. The van der Waals surface area contributed by atoms with Crippen molar-refractivity contribution in [3.63, 3.8) is 0 Å². The first kappa shape index (κ1) is 15.8. The summed E-state index contributed by atoms with van der Waals surface area (Å²) in [5.41, 5.74) is 5.52. The van der Waals surface area contributed by atoms with Gasteiger partial charge in [-0.05, 0) is 49.8 Å². The number of benzene rings is 2. The van der Waals surface area contributed by atoms with Crippen LogP contribution in [-0.2, 0) is 0 Å². The smallest absolute Gasteiger partial charge is 0.0871 e. The van der Waals surface area contributed by atoms with E-state index in [0.717, 1.165) is 5.92 Å². The van der Waals surface area contributed by atoms with Gasteiger partial charge < -0.3 is 4.90 Å². The minimum absolute atomic E-state index is 0.545. The molecule has 1 fully saturated rings. The Kier molecular flexibility index (Phi) is 4.41. The van der Waals surface area contributed by atoms with Gasteiger partial charge in [-0.25, -0.2) is 0 Å². The molecule has 1 saturated carbocycles. The van der Waals surface area contributed by atoms with Crippen molar-refractivity contribution in [2.45, 2.75) is 44.9 Å². The number of rotatable bonds is 3. The lowest BCUT2D eigenvalue weighted by Gasteiger charge is -2.32. The van der Waals surface area contributed by atoms with Crippen LogP contribution in [0.25, 0.3) is 4.91 Å². The molecule has 4 rings (SSSR count). The highest BCUT2D eigenvalue weighted by Crippen LogP contribution is 2.51. The maximum Gasteiger partial charge on any atom is 0.0871 e. The van der Waals surface area contributed by atoms with E-state index in [2.05, 4.69) is 85.1 Å². The lowest BCUT2D eigenvalue weighted by atomic mass is 10.0. The van der Waals surface area contributed by atoms with Gasteiger partial charge >= 0.3 is 0 Å². The third-order valence-corrected chi connectivity index (χ3v) is 7.00.